The van der Waals surface area contributed by atoms with E-state index in [1.807, 2.05) is 11.3 Å². The van der Waals surface area contributed by atoms with E-state index in [1.165, 1.54) is 86.1 Å². The van der Waals surface area contributed by atoms with Crippen LogP contribution in [-0.4, -0.2) is 4.57 Å². The van der Waals surface area contributed by atoms with Gasteiger partial charge in [0.2, 0.25) is 0 Å². The van der Waals surface area contributed by atoms with Crippen molar-refractivity contribution in [1.82, 2.24) is 4.57 Å². The third-order valence-corrected chi connectivity index (χ3v) is 13.4. The number of nitrogens with zero attached hydrogens (tertiary/aromatic N) is 2. The highest BCUT2D eigenvalue weighted by Crippen LogP contribution is 2.42. The predicted octanol–water partition coefficient (Wildman–Crippen LogP) is 16.8. The van der Waals surface area contributed by atoms with Gasteiger partial charge in [-0.15, -0.1) is 11.3 Å². The van der Waals surface area contributed by atoms with Gasteiger partial charge < -0.3 is 9.47 Å². The molecule has 0 amide bonds. The van der Waals surface area contributed by atoms with Crippen LogP contribution in [-0.2, 0) is 0 Å². The predicted molar refractivity (Wildman–Crippen MR) is 262 cm³/mol. The lowest BCUT2D eigenvalue weighted by Gasteiger charge is -2.26. The molecule has 0 bridgehead atoms. The van der Waals surface area contributed by atoms with E-state index in [0.717, 1.165) is 22.7 Å². The first-order valence-corrected chi connectivity index (χ1v) is 21.6. The van der Waals surface area contributed by atoms with Crippen LogP contribution in [0.15, 0.2) is 231 Å². The van der Waals surface area contributed by atoms with E-state index in [4.69, 9.17) is 0 Å². The summed E-state index contributed by atoms with van der Waals surface area (Å²) < 4.78 is 5.05. The summed E-state index contributed by atoms with van der Waals surface area (Å²) >= 11 is 1.88. The fourth-order valence-corrected chi connectivity index (χ4v) is 10.4. The van der Waals surface area contributed by atoms with Gasteiger partial charge in [-0.1, -0.05) is 158 Å². The molecule has 2 aromatic heterocycles. The molecule has 0 aliphatic rings. The first kappa shape index (κ1) is 35.2. The summed E-state index contributed by atoms with van der Waals surface area (Å²) in [6.07, 6.45) is 0. The molecule has 0 unspecified atom stereocenters. The van der Waals surface area contributed by atoms with Gasteiger partial charge >= 0.3 is 0 Å². The normalized spacial score (nSPS) is 11.6. The Morgan fingerprint density at radius 1 is 0.328 bits per heavy atom. The Labute approximate surface area is 358 Å². The first-order chi connectivity index (χ1) is 30.2. The molecule has 12 aromatic rings. The highest BCUT2D eigenvalue weighted by Gasteiger charge is 2.17. The standard InChI is InChI=1S/C58H38N2S/c1-2-12-39(13-3-1)43-16-10-17-49(36-43)59(47-34-28-42(29-35-47)50-20-11-21-53-52-19-7-9-23-57(52)61-58(50)53)46-30-24-40(25-31-46)41-26-32-48(33-27-41)60-55-22-8-6-18-51(55)54-37-44-14-4-5-15-45(44)38-56(54)60/h1-38H. The van der Waals surface area contributed by atoms with Crippen LogP contribution in [0.5, 0.6) is 0 Å². The molecular weight excluding hydrogens is 757 g/mol. The molecule has 0 radical (unpaired) electrons. The Morgan fingerprint density at radius 2 is 0.902 bits per heavy atom. The number of hydrogen-bond donors (Lipinski definition) is 0. The van der Waals surface area contributed by atoms with Crippen LogP contribution in [0.4, 0.5) is 17.1 Å². The van der Waals surface area contributed by atoms with E-state index >= 15 is 0 Å². The fourth-order valence-electron chi connectivity index (χ4n) is 9.21. The topological polar surface area (TPSA) is 8.17 Å². The van der Waals surface area contributed by atoms with E-state index in [0.29, 0.717) is 0 Å². The lowest BCUT2D eigenvalue weighted by Crippen LogP contribution is -2.10. The summed E-state index contributed by atoms with van der Waals surface area (Å²) in [5.74, 6) is 0. The summed E-state index contributed by atoms with van der Waals surface area (Å²) in [4.78, 5) is 2.37. The Kier molecular flexibility index (Phi) is 8.39. The van der Waals surface area contributed by atoms with Crippen molar-refractivity contribution in [2.24, 2.45) is 0 Å². The quantitative estimate of drug-likeness (QED) is 0.156. The van der Waals surface area contributed by atoms with Gasteiger partial charge in [-0.2, -0.15) is 0 Å². The summed E-state index contributed by atoms with van der Waals surface area (Å²) in [5, 5.41) is 7.69. The molecule has 0 spiro atoms. The molecule has 286 valence electrons. The van der Waals surface area contributed by atoms with Gasteiger partial charge in [0.25, 0.3) is 0 Å². The molecule has 0 saturated carbocycles. The van der Waals surface area contributed by atoms with Gasteiger partial charge in [0.15, 0.2) is 0 Å². The maximum atomic E-state index is 2.40. The average molecular weight is 795 g/mol. The second-order valence-corrected chi connectivity index (χ2v) is 16.8. The molecule has 2 nitrogen and oxygen atoms in total. The van der Waals surface area contributed by atoms with Gasteiger partial charge in [-0.25, -0.2) is 0 Å². The van der Waals surface area contributed by atoms with Crippen molar-refractivity contribution >= 4 is 81.1 Å². The zero-order valence-corrected chi connectivity index (χ0v) is 34.1. The van der Waals surface area contributed by atoms with Gasteiger partial charge in [-0.3, -0.25) is 0 Å². The van der Waals surface area contributed by atoms with E-state index in [2.05, 4.69) is 240 Å². The molecule has 0 saturated heterocycles. The van der Waals surface area contributed by atoms with Crippen molar-refractivity contribution in [2.75, 3.05) is 4.90 Å². The second kappa shape index (κ2) is 14.5. The van der Waals surface area contributed by atoms with Crippen molar-refractivity contribution in [3.63, 3.8) is 0 Å². The summed E-state index contributed by atoms with van der Waals surface area (Å²) in [5.41, 5.74) is 14.1. The molecule has 0 atom stereocenters. The third kappa shape index (κ3) is 6.09. The Hall–Kier alpha value is -7.72. The summed E-state index contributed by atoms with van der Waals surface area (Å²) in [7, 11) is 0. The Bertz CT molecular complexity index is 3560. The summed E-state index contributed by atoms with van der Waals surface area (Å²) in [6, 6.07) is 84.1. The molecular formula is C58H38N2S. The zero-order valence-electron chi connectivity index (χ0n) is 33.2. The number of aromatic nitrogens is 1. The Morgan fingerprint density at radius 3 is 1.67 bits per heavy atom. The van der Waals surface area contributed by atoms with Gasteiger partial charge in [0.05, 0.1) is 11.0 Å². The van der Waals surface area contributed by atoms with E-state index in [1.54, 1.807) is 0 Å². The molecule has 0 aliphatic heterocycles. The van der Waals surface area contributed by atoms with Crippen LogP contribution in [0.2, 0.25) is 0 Å². The first-order valence-electron chi connectivity index (χ1n) is 20.8. The van der Waals surface area contributed by atoms with Crippen molar-refractivity contribution in [3.05, 3.63) is 231 Å². The number of rotatable bonds is 7. The largest absolute Gasteiger partial charge is 0.310 e. The molecule has 2 heterocycles. The SMILES string of the molecule is c1ccc(-c2cccc(N(c3ccc(-c4ccc(-n5c6ccccc6c6cc7ccccc7cc65)cc4)cc3)c3ccc(-c4cccc5c4sc4ccccc45)cc3)c2)cc1. The number of benzene rings is 10. The van der Waals surface area contributed by atoms with E-state index < -0.39 is 0 Å². The number of hydrogen-bond acceptors (Lipinski definition) is 2. The van der Waals surface area contributed by atoms with Crippen molar-refractivity contribution in [2.45, 2.75) is 0 Å². The van der Waals surface area contributed by atoms with Crippen molar-refractivity contribution in [3.8, 4) is 39.1 Å². The minimum Gasteiger partial charge on any atom is -0.310 e. The molecule has 0 aliphatic carbocycles. The van der Waals surface area contributed by atoms with Gasteiger partial charge in [-0.05, 0) is 117 Å². The van der Waals surface area contributed by atoms with Crippen LogP contribution < -0.4 is 4.90 Å². The van der Waals surface area contributed by atoms with Crippen LogP contribution in [0.1, 0.15) is 0 Å². The van der Waals surface area contributed by atoms with Crippen LogP contribution in [0, 0.1) is 0 Å². The highest BCUT2D eigenvalue weighted by atomic mass is 32.1. The molecule has 0 fully saturated rings. The smallest absolute Gasteiger partial charge is 0.0547 e. The zero-order chi connectivity index (χ0) is 40.3. The van der Waals surface area contributed by atoms with Gasteiger partial charge in [0.1, 0.15) is 0 Å². The lowest BCUT2D eigenvalue weighted by atomic mass is 10.0. The van der Waals surface area contributed by atoms with Crippen molar-refractivity contribution in [1.29, 1.82) is 0 Å². The molecule has 0 N–H and O–H groups in total. The highest BCUT2D eigenvalue weighted by molar-refractivity contribution is 7.26. The monoisotopic (exact) mass is 794 g/mol. The number of para-hydroxylation sites is 1. The molecule has 61 heavy (non-hydrogen) atoms. The van der Waals surface area contributed by atoms with E-state index in [-0.39, 0.29) is 0 Å². The second-order valence-electron chi connectivity index (χ2n) is 15.7. The minimum atomic E-state index is 1.10. The average Bonchev–Trinajstić information content (AvgIpc) is 3.87. The number of anilines is 3. The van der Waals surface area contributed by atoms with Crippen molar-refractivity contribution < 1.29 is 0 Å². The van der Waals surface area contributed by atoms with Crippen LogP contribution in [0.25, 0.3) is 91.8 Å². The number of fused-ring (bicyclic) bond motifs is 7. The van der Waals surface area contributed by atoms with Crippen LogP contribution >= 0.6 is 11.3 Å². The molecule has 12 rings (SSSR count). The number of thiophene rings is 1. The van der Waals surface area contributed by atoms with Gasteiger partial charge in [0, 0.05) is 53.7 Å². The lowest BCUT2D eigenvalue weighted by molar-refractivity contribution is 1.18. The van der Waals surface area contributed by atoms with Crippen LogP contribution in [0.3, 0.4) is 0 Å². The van der Waals surface area contributed by atoms with E-state index in [9.17, 15) is 0 Å². The molecule has 10 aromatic carbocycles. The third-order valence-electron chi connectivity index (χ3n) is 12.2. The molecule has 3 heteroatoms. The fraction of sp³-hybridized carbons (Fsp3) is 0. The maximum Gasteiger partial charge on any atom is 0.0547 e. The minimum absolute atomic E-state index is 1.10. The summed E-state index contributed by atoms with van der Waals surface area (Å²) in [6.45, 7) is 0. The maximum absolute atomic E-state index is 2.40. The Balaban J connectivity index is 0.911.